The summed E-state index contributed by atoms with van der Waals surface area (Å²) in [6.07, 6.45) is 1.93. The molecule has 4 heterocycles. The number of rotatable bonds is 4. The number of aromatic nitrogens is 2. The summed E-state index contributed by atoms with van der Waals surface area (Å²) < 4.78 is 28.8. The number of nitrogens with zero attached hydrogens (tertiary/aromatic N) is 7. The quantitative estimate of drug-likeness (QED) is 0.693. The molecule has 0 atom stereocenters. The van der Waals surface area contributed by atoms with E-state index in [4.69, 9.17) is 4.98 Å². The van der Waals surface area contributed by atoms with Crippen molar-refractivity contribution in [3.63, 3.8) is 0 Å². The second-order valence-corrected chi connectivity index (χ2v) is 9.89. The number of piperazine rings is 2. The van der Waals surface area contributed by atoms with E-state index in [2.05, 4.69) is 26.7 Å². The van der Waals surface area contributed by atoms with E-state index < -0.39 is 10.2 Å². The third-order valence-electron chi connectivity index (χ3n) is 5.90. The van der Waals surface area contributed by atoms with Crippen LogP contribution in [0.2, 0.25) is 0 Å². The highest BCUT2D eigenvalue weighted by Gasteiger charge is 2.34. The second kappa shape index (κ2) is 8.10. The Balaban J connectivity index is 1.43. The lowest BCUT2D eigenvalue weighted by atomic mass is 10.3. The van der Waals surface area contributed by atoms with Crippen molar-refractivity contribution >= 4 is 22.0 Å². The summed E-state index contributed by atoms with van der Waals surface area (Å²) in [4.78, 5) is 16.2. The van der Waals surface area contributed by atoms with E-state index in [0.29, 0.717) is 45.2 Å². The maximum atomic E-state index is 12.8. The fraction of sp³-hybridized carbons (Fsp3) is 0.778. The SMILES string of the molecule is Cc1cc(N2CCN(C)CC2)nc(N2CCN(S(=O)(=O)N3CCCC3)CC2)n1. The van der Waals surface area contributed by atoms with Gasteiger partial charge in [-0.05, 0) is 26.8 Å². The van der Waals surface area contributed by atoms with E-state index in [0.717, 1.165) is 50.5 Å². The maximum Gasteiger partial charge on any atom is 0.282 e. The van der Waals surface area contributed by atoms with Gasteiger partial charge in [0.05, 0.1) is 0 Å². The van der Waals surface area contributed by atoms with Crippen molar-refractivity contribution in [1.82, 2.24) is 23.5 Å². The largest absolute Gasteiger partial charge is 0.354 e. The minimum absolute atomic E-state index is 0.486. The molecule has 3 aliphatic heterocycles. The van der Waals surface area contributed by atoms with Crippen molar-refractivity contribution < 1.29 is 8.42 Å². The van der Waals surface area contributed by atoms with E-state index in [1.807, 2.05) is 13.0 Å². The maximum absolute atomic E-state index is 12.8. The molecule has 0 saturated carbocycles. The average Bonchev–Trinajstić information content (AvgIpc) is 3.24. The molecule has 0 bridgehead atoms. The van der Waals surface area contributed by atoms with Crippen molar-refractivity contribution in [2.75, 3.05) is 82.3 Å². The topological polar surface area (TPSA) is 76.1 Å². The minimum atomic E-state index is -3.32. The molecule has 0 spiro atoms. The first kappa shape index (κ1) is 19.8. The van der Waals surface area contributed by atoms with Crippen LogP contribution in [0, 0.1) is 6.92 Å². The number of hydrogen-bond acceptors (Lipinski definition) is 7. The Morgan fingerprint density at radius 1 is 0.786 bits per heavy atom. The molecule has 1 aromatic heterocycles. The van der Waals surface area contributed by atoms with Crippen LogP contribution in [-0.4, -0.2) is 104 Å². The van der Waals surface area contributed by atoms with E-state index in [9.17, 15) is 8.42 Å². The van der Waals surface area contributed by atoms with Crippen molar-refractivity contribution in [3.8, 4) is 0 Å². The molecule has 4 rings (SSSR count). The third kappa shape index (κ3) is 4.10. The van der Waals surface area contributed by atoms with E-state index in [1.165, 1.54) is 0 Å². The highest BCUT2D eigenvalue weighted by Crippen LogP contribution is 2.22. The molecule has 3 saturated heterocycles. The first-order valence-electron chi connectivity index (χ1n) is 10.2. The van der Waals surface area contributed by atoms with Crippen molar-refractivity contribution in [3.05, 3.63) is 11.8 Å². The van der Waals surface area contributed by atoms with Gasteiger partial charge in [0.15, 0.2) is 0 Å². The van der Waals surface area contributed by atoms with Gasteiger partial charge in [0, 0.05) is 77.2 Å². The summed E-state index contributed by atoms with van der Waals surface area (Å²) in [7, 11) is -1.18. The van der Waals surface area contributed by atoms with Gasteiger partial charge in [0.1, 0.15) is 5.82 Å². The van der Waals surface area contributed by atoms with Gasteiger partial charge in [-0.1, -0.05) is 0 Å². The number of hydrogen-bond donors (Lipinski definition) is 0. The Kier molecular flexibility index (Phi) is 5.73. The second-order valence-electron chi connectivity index (χ2n) is 7.96. The summed E-state index contributed by atoms with van der Waals surface area (Å²) in [5, 5.41) is 0. The smallest absolute Gasteiger partial charge is 0.282 e. The van der Waals surface area contributed by atoms with Crippen molar-refractivity contribution in [2.24, 2.45) is 0 Å². The van der Waals surface area contributed by atoms with Gasteiger partial charge in [-0.25, -0.2) is 4.98 Å². The van der Waals surface area contributed by atoms with Crippen LogP contribution in [0.4, 0.5) is 11.8 Å². The van der Waals surface area contributed by atoms with Crippen LogP contribution in [0.5, 0.6) is 0 Å². The van der Waals surface area contributed by atoms with Gasteiger partial charge in [-0.15, -0.1) is 0 Å². The standard InChI is InChI=1S/C18H31N7O2S/c1-16-15-17(22-9-7-21(2)8-10-22)20-18(19-16)23-11-13-25(14-12-23)28(26,27)24-5-3-4-6-24/h15H,3-14H2,1-2H3. The molecule has 10 heteroatoms. The molecule has 0 aromatic carbocycles. The zero-order valence-corrected chi connectivity index (χ0v) is 17.7. The van der Waals surface area contributed by atoms with E-state index in [1.54, 1.807) is 8.61 Å². The first-order valence-corrected chi connectivity index (χ1v) is 11.6. The fourth-order valence-electron chi connectivity index (χ4n) is 4.08. The van der Waals surface area contributed by atoms with Crippen molar-refractivity contribution in [1.29, 1.82) is 0 Å². The first-order chi connectivity index (χ1) is 13.4. The lowest BCUT2D eigenvalue weighted by Gasteiger charge is -2.37. The molecule has 0 unspecified atom stereocenters. The summed E-state index contributed by atoms with van der Waals surface area (Å²) in [5.74, 6) is 1.69. The Morgan fingerprint density at radius 2 is 1.36 bits per heavy atom. The molecule has 3 aliphatic rings. The Morgan fingerprint density at radius 3 is 2.00 bits per heavy atom. The predicted octanol–water partition coefficient (Wildman–Crippen LogP) is -0.000580. The number of likely N-dealkylation sites (N-methyl/N-ethyl adjacent to an activating group) is 1. The van der Waals surface area contributed by atoms with Gasteiger partial charge >= 0.3 is 0 Å². The van der Waals surface area contributed by atoms with Gasteiger partial charge in [0.25, 0.3) is 10.2 Å². The monoisotopic (exact) mass is 409 g/mol. The van der Waals surface area contributed by atoms with Gasteiger partial charge in [-0.3, -0.25) is 0 Å². The van der Waals surface area contributed by atoms with Crippen LogP contribution in [0.1, 0.15) is 18.5 Å². The normalized spacial score (nSPS) is 23.5. The van der Waals surface area contributed by atoms with Crippen molar-refractivity contribution in [2.45, 2.75) is 19.8 Å². The Labute approximate surface area is 168 Å². The van der Waals surface area contributed by atoms with Crippen LogP contribution in [-0.2, 0) is 10.2 Å². The zero-order valence-electron chi connectivity index (χ0n) is 16.9. The molecular weight excluding hydrogens is 378 g/mol. The molecule has 0 aliphatic carbocycles. The third-order valence-corrected chi connectivity index (χ3v) is 7.93. The molecule has 1 aromatic rings. The fourth-order valence-corrected chi connectivity index (χ4v) is 5.75. The summed E-state index contributed by atoms with van der Waals surface area (Å²) in [6, 6.07) is 2.04. The van der Waals surface area contributed by atoms with Crippen LogP contribution >= 0.6 is 0 Å². The molecule has 9 nitrogen and oxygen atoms in total. The minimum Gasteiger partial charge on any atom is -0.354 e. The molecule has 3 fully saturated rings. The van der Waals surface area contributed by atoms with E-state index >= 15 is 0 Å². The molecule has 0 radical (unpaired) electrons. The van der Waals surface area contributed by atoms with Crippen LogP contribution < -0.4 is 9.80 Å². The molecule has 0 amide bonds. The molecule has 0 N–H and O–H groups in total. The lowest BCUT2D eigenvalue weighted by molar-refractivity contribution is 0.312. The predicted molar refractivity (Wildman–Crippen MR) is 110 cm³/mol. The molecule has 28 heavy (non-hydrogen) atoms. The molecular formula is C18H31N7O2S. The average molecular weight is 410 g/mol. The number of anilines is 2. The van der Waals surface area contributed by atoms with E-state index in [-0.39, 0.29) is 0 Å². The molecule has 156 valence electrons. The highest BCUT2D eigenvalue weighted by molar-refractivity contribution is 7.86. The van der Waals surface area contributed by atoms with Crippen LogP contribution in [0.25, 0.3) is 0 Å². The highest BCUT2D eigenvalue weighted by atomic mass is 32.2. The summed E-state index contributed by atoms with van der Waals surface area (Å²) in [5.41, 5.74) is 0.950. The van der Waals surface area contributed by atoms with Crippen LogP contribution in [0.3, 0.4) is 0 Å². The Bertz CT molecular complexity index is 781. The van der Waals surface area contributed by atoms with Gasteiger partial charge < -0.3 is 14.7 Å². The summed E-state index contributed by atoms with van der Waals surface area (Å²) >= 11 is 0. The summed E-state index contributed by atoms with van der Waals surface area (Å²) in [6.45, 7) is 9.52. The van der Waals surface area contributed by atoms with Crippen LogP contribution in [0.15, 0.2) is 6.07 Å². The zero-order chi connectivity index (χ0) is 19.7. The van der Waals surface area contributed by atoms with Gasteiger partial charge in [-0.2, -0.15) is 22.0 Å². The number of aryl methyl sites for hydroxylation is 1. The lowest BCUT2D eigenvalue weighted by Crippen LogP contribution is -2.53. The Hall–Kier alpha value is -1.49. The van der Waals surface area contributed by atoms with Gasteiger partial charge in [0.2, 0.25) is 5.95 Å².